The summed E-state index contributed by atoms with van der Waals surface area (Å²) in [7, 11) is 1.60. The van der Waals surface area contributed by atoms with Crippen LogP contribution < -0.4 is 10.1 Å². The molecule has 2 amide bonds. The number of rotatable bonds is 8. The molecule has 174 valence electrons. The Kier molecular flexibility index (Phi) is 7.48. The number of halogens is 1. The van der Waals surface area contributed by atoms with E-state index in [0.29, 0.717) is 16.7 Å². The Morgan fingerprint density at radius 1 is 1.15 bits per heavy atom. The van der Waals surface area contributed by atoms with E-state index in [9.17, 15) is 14.4 Å². The quantitative estimate of drug-likeness (QED) is 0.224. The summed E-state index contributed by atoms with van der Waals surface area (Å²) in [5, 5.41) is 2.71. The third-order valence-corrected chi connectivity index (χ3v) is 8.93. The molecular weight excluding hydrogens is 555 g/mol. The number of hydrogen-bond donors (Lipinski definition) is 1. The number of carbonyl (C=O) groups is 3. The molecule has 2 aliphatic heterocycles. The van der Waals surface area contributed by atoms with Crippen molar-refractivity contribution in [3.63, 3.8) is 0 Å². The number of nitrogens with one attached hydrogen (secondary N) is 1. The molecule has 2 aromatic carbocycles. The van der Waals surface area contributed by atoms with E-state index in [-0.39, 0.29) is 36.2 Å². The highest BCUT2D eigenvalue weighted by atomic mass is 127. The molecule has 4 rings (SSSR count). The SMILES string of the molecule is COc1ccc(COC(=O)C2(CI)CS[C@@H]3C(NC(=O)Cc4ccccc4)C(=O)N3C2)cc1. The Labute approximate surface area is 210 Å². The van der Waals surface area contributed by atoms with Crippen LogP contribution in [0.15, 0.2) is 54.6 Å². The second-order valence-corrected chi connectivity index (χ2v) is 10.1. The fourth-order valence-corrected chi connectivity index (χ4v) is 6.64. The zero-order valence-corrected chi connectivity index (χ0v) is 21.1. The summed E-state index contributed by atoms with van der Waals surface area (Å²) in [5.41, 5.74) is 1.01. The van der Waals surface area contributed by atoms with Crippen molar-refractivity contribution in [1.29, 1.82) is 0 Å². The Hall–Kier alpha value is -2.27. The van der Waals surface area contributed by atoms with Crippen LogP contribution in [0.4, 0.5) is 0 Å². The summed E-state index contributed by atoms with van der Waals surface area (Å²) < 4.78 is 11.3. The first kappa shape index (κ1) is 23.9. The molecule has 2 heterocycles. The van der Waals surface area contributed by atoms with Crippen LogP contribution in [0.3, 0.4) is 0 Å². The maximum Gasteiger partial charge on any atom is 0.315 e. The van der Waals surface area contributed by atoms with Gasteiger partial charge in [-0.05, 0) is 23.3 Å². The zero-order valence-electron chi connectivity index (χ0n) is 18.2. The highest BCUT2D eigenvalue weighted by Crippen LogP contribution is 2.43. The fraction of sp³-hybridized carbons (Fsp3) is 0.375. The largest absolute Gasteiger partial charge is 0.497 e. The van der Waals surface area contributed by atoms with E-state index >= 15 is 0 Å². The molecule has 9 heteroatoms. The second kappa shape index (κ2) is 10.3. The van der Waals surface area contributed by atoms with Crippen LogP contribution in [0.25, 0.3) is 0 Å². The van der Waals surface area contributed by atoms with Crippen molar-refractivity contribution >= 4 is 52.1 Å². The monoisotopic (exact) mass is 580 g/mol. The van der Waals surface area contributed by atoms with Crippen LogP contribution in [0.1, 0.15) is 11.1 Å². The predicted octanol–water partition coefficient (Wildman–Crippen LogP) is 2.80. The normalized spacial score (nSPS) is 23.8. The molecule has 0 aliphatic carbocycles. The van der Waals surface area contributed by atoms with Gasteiger partial charge in [0.05, 0.1) is 13.5 Å². The molecule has 2 unspecified atom stereocenters. The van der Waals surface area contributed by atoms with E-state index in [4.69, 9.17) is 9.47 Å². The molecule has 33 heavy (non-hydrogen) atoms. The lowest BCUT2D eigenvalue weighted by Gasteiger charge is -2.53. The van der Waals surface area contributed by atoms with Gasteiger partial charge in [-0.25, -0.2) is 0 Å². The Balaban J connectivity index is 1.32. The molecule has 0 aromatic heterocycles. The van der Waals surface area contributed by atoms with Gasteiger partial charge >= 0.3 is 5.97 Å². The highest BCUT2D eigenvalue weighted by Gasteiger charge is 2.57. The molecule has 0 spiro atoms. The molecule has 3 atom stereocenters. The molecule has 2 saturated heterocycles. The molecule has 2 aromatic rings. The summed E-state index contributed by atoms with van der Waals surface area (Å²) in [6, 6.07) is 16.2. The lowest BCUT2D eigenvalue weighted by Crippen LogP contribution is -2.74. The Morgan fingerprint density at radius 3 is 2.55 bits per heavy atom. The average Bonchev–Trinajstić information content (AvgIpc) is 2.86. The van der Waals surface area contributed by atoms with E-state index in [1.165, 1.54) is 11.8 Å². The summed E-state index contributed by atoms with van der Waals surface area (Å²) in [6.07, 6.45) is 0.234. The highest BCUT2D eigenvalue weighted by molar-refractivity contribution is 14.1. The molecule has 0 bridgehead atoms. The van der Waals surface area contributed by atoms with Gasteiger partial charge in [-0.15, -0.1) is 11.8 Å². The number of β-lactam (4-membered cyclic amide) rings is 1. The van der Waals surface area contributed by atoms with Crippen molar-refractivity contribution in [3.8, 4) is 5.75 Å². The van der Waals surface area contributed by atoms with Crippen LogP contribution in [0.2, 0.25) is 0 Å². The number of benzene rings is 2. The standard InChI is InChI=1S/C24H25IN2O5S/c1-31-18-9-7-17(8-10-18)12-32-23(30)24(13-25)14-27-21(29)20(22(27)33-15-24)26-19(28)11-16-5-3-2-4-6-16/h2-10,20,22H,11-15H2,1H3,(H,26,28)/t20?,22-,24?/m1/s1. The van der Waals surface area contributed by atoms with Crippen LogP contribution >= 0.6 is 34.4 Å². The van der Waals surface area contributed by atoms with E-state index in [0.717, 1.165) is 16.9 Å². The van der Waals surface area contributed by atoms with E-state index in [2.05, 4.69) is 27.9 Å². The van der Waals surface area contributed by atoms with Gasteiger partial charge in [0, 0.05) is 16.7 Å². The van der Waals surface area contributed by atoms with Gasteiger partial charge in [0.1, 0.15) is 29.2 Å². The van der Waals surface area contributed by atoms with Crippen molar-refractivity contribution in [1.82, 2.24) is 10.2 Å². The topological polar surface area (TPSA) is 84.9 Å². The Morgan fingerprint density at radius 2 is 1.88 bits per heavy atom. The lowest BCUT2D eigenvalue weighted by molar-refractivity contribution is -0.162. The number of carbonyl (C=O) groups excluding carboxylic acids is 3. The summed E-state index contributed by atoms with van der Waals surface area (Å²) in [6.45, 7) is 0.473. The van der Waals surface area contributed by atoms with E-state index < -0.39 is 11.5 Å². The minimum absolute atomic E-state index is 0.147. The molecule has 0 radical (unpaired) electrons. The van der Waals surface area contributed by atoms with Gasteiger partial charge in [-0.2, -0.15) is 0 Å². The number of methoxy groups -OCH3 is 1. The number of esters is 1. The maximum absolute atomic E-state index is 13.0. The molecule has 2 fully saturated rings. The van der Waals surface area contributed by atoms with Gasteiger partial charge in [0.2, 0.25) is 11.8 Å². The van der Waals surface area contributed by atoms with E-state index in [1.54, 1.807) is 12.0 Å². The van der Waals surface area contributed by atoms with Crippen LogP contribution in [-0.4, -0.2) is 57.9 Å². The third-order valence-electron chi connectivity index (χ3n) is 5.89. The smallest absolute Gasteiger partial charge is 0.315 e. The molecule has 0 saturated carbocycles. The Bertz CT molecular complexity index is 1020. The first-order valence-corrected chi connectivity index (χ1v) is 13.1. The second-order valence-electron chi connectivity index (χ2n) is 8.21. The number of alkyl halides is 1. The third kappa shape index (κ3) is 5.13. The minimum atomic E-state index is -0.761. The number of fused-ring (bicyclic) bond motifs is 1. The summed E-state index contributed by atoms with van der Waals surface area (Å²) in [5.74, 6) is 0.653. The van der Waals surface area contributed by atoms with E-state index in [1.807, 2.05) is 54.6 Å². The van der Waals surface area contributed by atoms with Crippen molar-refractivity contribution in [2.75, 3.05) is 23.8 Å². The van der Waals surface area contributed by atoms with Gasteiger partial charge in [-0.1, -0.05) is 65.1 Å². The van der Waals surface area contributed by atoms with Gasteiger partial charge in [-0.3, -0.25) is 14.4 Å². The molecular formula is C24H25IN2O5S. The molecule has 1 N–H and O–H groups in total. The van der Waals surface area contributed by atoms with Crippen LogP contribution in [-0.2, 0) is 32.1 Å². The summed E-state index contributed by atoms with van der Waals surface area (Å²) >= 11 is 3.71. The maximum atomic E-state index is 13.0. The van der Waals surface area contributed by atoms with Crippen molar-refractivity contribution in [2.45, 2.75) is 24.4 Å². The minimum Gasteiger partial charge on any atom is -0.497 e. The van der Waals surface area contributed by atoms with Crippen LogP contribution in [0.5, 0.6) is 5.75 Å². The number of nitrogens with zero attached hydrogens (tertiary/aromatic N) is 1. The van der Waals surface area contributed by atoms with Crippen LogP contribution in [0, 0.1) is 5.41 Å². The van der Waals surface area contributed by atoms with Crippen molar-refractivity contribution < 1.29 is 23.9 Å². The first-order valence-electron chi connectivity index (χ1n) is 10.6. The summed E-state index contributed by atoms with van der Waals surface area (Å²) in [4.78, 5) is 39.9. The molecule has 7 nitrogen and oxygen atoms in total. The van der Waals surface area contributed by atoms with Gasteiger partial charge < -0.3 is 19.7 Å². The number of amides is 2. The van der Waals surface area contributed by atoms with Gasteiger partial charge in [0.15, 0.2) is 0 Å². The lowest BCUT2D eigenvalue weighted by atomic mass is 9.89. The van der Waals surface area contributed by atoms with Gasteiger partial charge in [0.25, 0.3) is 0 Å². The fourth-order valence-electron chi connectivity index (χ4n) is 3.92. The average molecular weight is 580 g/mol. The predicted molar refractivity (Wildman–Crippen MR) is 134 cm³/mol. The van der Waals surface area contributed by atoms with Crippen molar-refractivity contribution in [3.05, 3.63) is 65.7 Å². The zero-order chi connectivity index (χ0) is 23.4. The van der Waals surface area contributed by atoms with Crippen molar-refractivity contribution in [2.24, 2.45) is 5.41 Å². The number of thioether (sulfide) groups is 1. The number of ether oxygens (including phenoxy) is 2. The molecule has 2 aliphatic rings. The first-order chi connectivity index (χ1) is 16.0. The number of hydrogen-bond acceptors (Lipinski definition) is 6.